The summed E-state index contributed by atoms with van der Waals surface area (Å²) < 4.78 is 5.52. The molecule has 78 valence electrons. The maximum absolute atomic E-state index is 11.4. The number of alkyl halides is 1. The molecule has 0 amide bonds. The molecule has 1 unspecified atom stereocenters. The average molecular weight is 344 g/mol. The zero-order valence-electron chi connectivity index (χ0n) is 7.05. The molecule has 0 bridgehead atoms. The van der Waals surface area contributed by atoms with Gasteiger partial charge < -0.3 is 15.5 Å². The van der Waals surface area contributed by atoms with Gasteiger partial charge in [0.05, 0.1) is 9.19 Å². The van der Waals surface area contributed by atoms with Crippen molar-refractivity contribution >= 4 is 55.8 Å². The van der Waals surface area contributed by atoms with E-state index in [1.54, 1.807) is 0 Å². The molecule has 0 saturated heterocycles. The van der Waals surface area contributed by atoms with Gasteiger partial charge in [-0.15, -0.1) is 0 Å². The highest BCUT2D eigenvalue weighted by molar-refractivity contribution is 9.14. The molecule has 7 heteroatoms. The number of ether oxygens (including phenoxy) is 1. The fourth-order valence-corrected chi connectivity index (χ4v) is 3.09. The van der Waals surface area contributed by atoms with Crippen LogP contribution in [-0.2, 0) is 9.53 Å². The SMILES string of the molecule is N=CCOC(=O)C1=C(Br)SC(CBr)N1. The first-order valence-corrected chi connectivity index (χ1v) is 6.53. The van der Waals surface area contributed by atoms with Crippen LogP contribution >= 0.6 is 43.6 Å². The number of halogens is 2. The van der Waals surface area contributed by atoms with Crippen molar-refractivity contribution in [2.75, 3.05) is 11.9 Å². The largest absolute Gasteiger partial charge is 0.455 e. The molecular formula is C7H8Br2N2O2S. The second kappa shape index (κ2) is 5.77. The van der Waals surface area contributed by atoms with Gasteiger partial charge >= 0.3 is 5.97 Å². The summed E-state index contributed by atoms with van der Waals surface area (Å²) in [6.07, 6.45) is 1.04. The first kappa shape index (κ1) is 12.1. The Labute approximate surface area is 103 Å². The van der Waals surface area contributed by atoms with E-state index in [2.05, 4.69) is 37.2 Å². The molecule has 2 N–H and O–H groups in total. The normalized spacial score (nSPS) is 20.6. The van der Waals surface area contributed by atoms with Gasteiger partial charge in [-0.3, -0.25) is 0 Å². The molecule has 0 spiro atoms. The van der Waals surface area contributed by atoms with Gasteiger partial charge in [-0.2, -0.15) is 0 Å². The molecule has 0 fully saturated rings. The van der Waals surface area contributed by atoms with E-state index in [-0.39, 0.29) is 12.0 Å². The molecule has 1 aliphatic rings. The number of carbonyl (C=O) groups excluding carboxylic acids is 1. The average Bonchev–Trinajstić information content (AvgIpc) is 2.56. The van der Waals surface area contributed by atoms with E-state index < -0.39 is 5.97 Å². The molecule has 14 heavy (non-hydrogen) atoms. The van der Waals surface area contributed by atoms with Crippen molar-refractivity contribution in [1.29, 1.82) is 5.41 Å². The number of carbonyl (C=O) groups is 1. The zero-order chi connectivity index (χ0) is 10.6. The Bertz CT molecular complexity index is 283. The van der Waals surface area contributed by atoms with E-state index in [0.717, 1.165) is 15.4 Å². The Morgan fingerprint density at radius 3 is 3.00 bits per heavy atom. The highest BCUT2D eigenvalue weighted by atomic mass is 79.9. The van der Waals surface area contributed by atoms with Crippen LogP contribution in [0.5, 0.6) is 0 Å². The van der Waals surface area contributed by atoms with Gasteiger partial charge in [0, 0.05) is 11.5 Å². The Balaban J connectivity index is 2.55. The number of thioether (sulfide) groups is 1. The lowest BCUT2D eigenvalue weighted by Gasteiger charge is -2.07. The minimum atomic E-state index is -0.434. The monoisotopic (exact) mass is 342 g/mol. The summed E-state index contributed by atoms with van der Waals surface area (Å²) in [5.41, 5.74) is 0.432. The van der Waals surface area contributed by atoms with Gasteiger partial charge in [0.2, 0.25) is 0 Å². The van der Waals surface area contributed by atoms with Gasteiger partial charge in [-0.1, -0.05) is 27.7 Å². The summed E-state index contributed by atoms with van der Waals surface area (Å²) in [6.45, 7) is 0.00788. The van der Waals surface area contributed by atoms with Crippen molar-refractivity contribution in [3.8, 4) is 0 Å². The van der Waals surface area contributed by atoms with Crippen molar-refractivity contribution in [3.05, 3.63) is 9.51 Å². The first-order chi connectivity index (χ1) is 6.69. The molecule has 0 aromatic carbocycles. The lowest BCUT2D eigenvalue weighted by atomic mass is 10.5. The third kappa shape index (κ3) is 2.99. The smallest absolute Gasteiger partial charge is 0.356 e. The minimum absolute atomic E-state index is 0.00788. The van der Waals surface area contributed by atoms with Crippen molar-refractivity contribution in [2.24, 2.45) is 0 Å². The molecule has 1 rings (SSSR count). The van der Waals surface area contributed by atoms with Crippen LogP contribution in [-0.4, -0.2) is 29.5 Å². The second-order valence-electron chi connectivity index (χ2n) is 2.36. The number of esters is 1. The lowest BCUT2D eigenvalue weighted by Crippen LogP contribution is -2.27. The van der Waals surface area contributed by atoms with Crippen molar-refractivity contribution in [2.45, 2.75) is 5.37 Å². The second-order valence-corrected chi connectivity index (χ2v) is 5.53. The van der Waals surface area contributed by atoms with E-state index >= 15 is 0 Å². The standard InChI is InChI=1S/C7H8Br2N2O2S/c8-3-4-11-5(6(9)14-4)7(12)13-2-1-10/h1,4,10-11H,2-3H2. The van der Waals surface area contributed by atoms with Crippen LogP contribution in [0.15, 0.2) is 9.51 Å². The maximum atomic E-state index is 11.4. The third-order valence-corrected chi connectivity index (χ3v) is 4.40. The van der Waals surface area contributed by atoms with Crippen molar-refractivity contribution in [1.82, 2.24) is 5.32 Å². The molecule has 0 aromatic heterocycles. The predicted molar refractivity (Wildman–Crippen MR) is 64.0 cm³/mol. The Morgan fingerprint density at radius 2 is 2.50 bits per heavy atom. The van der Waals surface area contributed by atoms with Crippen LogP contribution in [0.4, 0.5) is 0 Å². The maximum Gasteiger partial charge on any atom is 0.356 e. The highest BCUT2D eigenvalue weighted by Gasteiger charge is 2.27. The molecule has 0 aromatic rings. The number of hydrogen-bond donors (Lipinski definition) is 2. The highest BCUT2D eigenvalue weighted by Crippen LogP contribution is 2.35. The molecule has 0 saturated carbocycles. The van der Waals surface area contributed by atoms with Gasteiger partial charge in [0.15, 0.2) is 0 Å². The van der Waals surface area contributed by atoms with Crippen LogP contribution in [0.2, 0.25) is 0 Å². The van der Waals surface area contributed by atoms with Crippen molar-refractivity contribution < 1.29 is 9.53 Å². The summed E-state index contributed by atoms with van der Waals surface area (Å²) in [5, 5.41) is 10.6. The molecule has 1 atom stereocenters. The van der Waals surface area contributed by atoms with Crippen LogP contribution in [0, 0.1) is 5.41 Å². The summed E-state index contributed by atoms with van der Waals surface area (Å²) in [6, 6.07) is 0. The van der Waals surface area contributed by atoms with Gasteiger partial charge in [-0.25, -0.2) is 4.79 Å². The summed E-state index contributed by atoms with van der Waals surface area (Å²) >= 11 is 8.11. The molecular weight excluding hydrogens is 336 g/mol. The molecule has 1 aliphatic heterocycles. The van der Waals surface area contributed by atoms with Crippen LogP contribution in [0.1, 0.15) is 0 Å². The number of hydrogen-bond acceptors (Lipinski definition) is 5. The zero-order valence-corrected chi connectivity index (χ0v) is 11.0. The Hall–Kier alpha value is -0.0100. The van der Waals surface area contributed by atoms with Crippen molar-refractivity contribution in [3.63, 3.8) is 0 Å². The predicted octanol–water partition coefficient (Wildman–Crippen LogP) is 1.80. The molecule has 0 aliphatic carbocycles. The molecule has 1 heterocycles. The Morgan fingerprint density at radius 1 is 1.79 bits per heavy atom. The van der Waals surface area contributed by atoms with Crippen LogP contribution in [0.3, 0.4) is 0 Å². The van der Waals surface area contributed by atoms with E-state index in [1.165, 1.54) is 11.8 Å². The van der Waals surface area contributed by atoms with E-state index in [1.807, 2.05) is 0 Å². The topological polar surface area (TPSA) is 62.2 Å². The van der Waals surface area contributed by atoms with Gasteiger partial charge in [-0.05, 0) is 15.9 Å². The van der Waals surface area contributed by atoms with E-state index in [9.17, 15) is 4.79 Å². The summed E-state index contributed by atoms with van der Waals surface area (Å²) in [7, 11) is 0. The van der Waals surface area contributed by atoms with Gasteiger partial charge in [0.1, 0.15) is 12.3 Å². The minimum Gasteiger partial charge on any atom is -0.455 e. The van der Waals surface area contributed by atoms with E-state index in [0.29, 0.717) is 5.70 Å². The quantitative estimate of drug-likeness (QED) is 0.464. The van der Waals surface area contributed by atoms with E-state index in [4.69, 9.17) is 10.1 Å². The molecule has 0 radical (unpaired) electrons. The number of nitrogens with one attached hydrogen (secondary N) is 2. The van der Waals surface area contributed by atoms with Crippen LogP contribution in [0.25, 0.3) is 0 Å². The fraction of sp³-hybridized carbons (Fsp3) is 0.429. The first-order valence-electron chi connectivity index (χ1n) is 3.74. The Kier molecular flexibility index (Phi) is 4.97. The third-order valence-electron chi connectivity index (χ3n) is 1.39. The number of rotatable bonds is 4. The van der Waals surface area contributed by atoms with Crippen LogP contribution < -0.4 is 5.32 Å². The lowest BCUT2D eigenvalue weighted by molar-refractivity contribution is -0.137. The summed E-state index contributed by atoms with van der Waals surface area (Å²) in [4.78, 5) is 11.4. The fourth-order valence-electron chi connectivity index (χ4n) is 0.830. The summed E-state index contributed by atoms with van der Waals surface area (Å²) in [5.74, 6) is -0.434. The van der Waals surface area contributed by atoms with Gasteiger partial charge in [0.25, 0.3) is 0 Å². The molecule has 4 nitrogen and oxygen atoms in total.